The molecular weight excluding hydrogens is 388 g/mol. The molecule has 0 radical (unpaired) electrons. The first-order valence-corrected chi connectivity index (χ1v) is 9.68. The molecule has 4 N–H and O–H groups in total. The van der Waals surface area contributed by atoms with Crippen LogP contribution in [0.25, 0.3) is 0 Å². The summed E-state index contributed by atoms with van der Waals surface area (Å²) in [5.74, 6) is -2.94. The van der Waals surface area contributed by atoms with E-state index in [0.29, 0.717) is 16.8 Å². The number of imide groups is 1. The van der Waals surface area contributed by atoms with Gasteiger partial charge in [-0.05, 0) is 25.5 Å². The van der Waals surface area contributed by atoms with Crippen molar-refractivity contribution in [1.29, 1.82) is 0 Å². The molecule has 1 spiro atoms. The van der Waals surface area contributed by atoms with Crippen LogP contribution in [0.2, 0.25) is 0 Å². The summed E-state index contributed by atoms with van der Waals surface area (Å²) in [6.45, 7) is 3.50. The second-order valence-electron chi connectivity index (χ2n) is 8.06. The van der Waals surface area contributed by atoms with Crippen molar-refractivity contribution in [3.63, 3.8) is 0 Å². The van der Waals surface area contributed by atoms with Gasteiger partial charge in [0.1, 0.15) is 5.54 Å². The number of quaternary nitrogens is 1. The Labute approximate surface area is 171 Å². The molecular formula is C21H20N4O5. The number of fused-ring (bicyclic) bond motifs is 4. The first-order valence-electron chi connectivity index (χ1n) is 9.68. The van der Waals surface area contributed by atoms with Crippen molar-refractivity contribution in [2.24, 2.45) is 11.8 Å². The summed E-state index contributed by atoms with van der Waals surface area (Å²) in [4.78, 5) is 41.2. The van der Waals surface area contributed by atoms with Gasteiger partial charge in [-0.1, -0.05) is 24.3 Å². The summed E-state index contributed by atoms with van der Waals surface area (Å²) in [5.41, 5.74) is 0.763. The predicted octanol–water partition coefficient (Wildman–Crippen LogP) is 0.343. The van der Waals surface area contributed by atoms with E-state index >= 15 is 0 Å². The second-order valence-corrected chi connectivity index (χ2v) is 8.06. The van der Waals surface area contributed by atoms with E-state index in [4.69, 9.17) is 0 Å². The summed E-state index contributed by atoms with van der Waals surface area (Å²) in [6.07, 6.45) is 0. The Balaban J connectivity index is 1.66. The van der Waals surface area contributed by atoms with Crippen LogP contribution in [-0.4, -0.2) is 29.0 Å². The van der Waals surface area contributed by atoms with Crippen LogP contribution in [0, 0.1) is 24.0 Å². The van der Waals surface area contributed by atoms with Crippen LogP contribution < -0.4 is 20.8 Å². The highest BCUT2D eigenvalue weighted by Crippen LogP contribution is 2.53. The maximum atomic E-state index is 13.6. The van der Waals surface area contributed by atoms with Gasteiger partial charge in [-0.25, -0.2) is 10.1 Å². The van der Waals surface area contributed by atoms with Gasteiger partial charge in [0.2, 0.25) is 17.7 Å². The molecule has 5 atom stereocenters. The number of nitrogens with one attached hydrogen (secondary N) is 3. The van der Waals surface area contributed by atoms with E-state index in [9.17, 15) is 24.8 Å². The minimum atomic E-state index is -1.33. The Morgan fingerprint density at radius 1 is 1.13 bits per heavy atom. The molecule has 3 heterocycles. The Morgan fingerprint density at radius 2 is 1.87 bits per heavy atom. The number of amides is 3. The smallest absolute Gasteiger partial charge is 0.250 e. The van der Waals surface area contributed by atoms with Gasteiger partial charge in [0.15, 0.2) is 5.69 Å². The molecule has 30 heavy (non-hydrogen) atoms. The quantitative estimate of drug-likeness (QED) is 0.420. The molecule has 0 saturated carbocycles. The van der Waals surface area contributed by atoms with Crippen LogP contribution in [0.15, 0.2) is 42.5 Å². The maximum Gasteiger partial charge on any atom is 0.250 e. The van der Waals surface area contributed by atoms with Gasteiger partial charge in [0.25, 0.3) is 0 Å². The molecule has 3 aliphatic heterocycles. The molecule has 3 aliphatic rings. The van der Waals surface area contributed by atoms with Crippen LogP contribution in [0.4, 0.5) is 17.1 Å². The number of rotatable bonds is 2. The van der Waals surface area contributed by atoms with Crippen LogP contribution in [0.3, 0.4) is 0 Å². The third-order valence-electron chi connectivity index (χ3n) is 6.47. The molecule has 0 aliphatic carbocycles. The second kappa shape index (κ2) is 6.19. The SMILES string of the molecule is Cc1ccc([NH+]([O-])O)cc1N1C(=O)C2C(C)NC3(C(=O)Nc4ccccc43)C2C1=O. The molecule has 3 amide bonds. The van der Waals surface area contributed by atoms with E-state index in [1.54, 1.807) is 44.2 Å². The van der Waals surface area contributed by atoms with E-state index in [-0.39, 0.29) is 17.3 Å². The number of anilines is 2. The number of aryl methyl sites for hydroxylation is 1. The fourth-order valence-electron chi connectivity index (χ4n) is 5.14. The zero-order chi connectivity index (χ0) is 21.4. The molecule has 9 heteroatoms. The van der Waals surface area contributed by atoms with Crippen molar-refractivity contribution in [2.75, 3.05) is 10.2 Å². The van der Waals surface area contributed by atoms with Gasteiger partial charge < -0.3 is 10.5 Å². The molecule has 2 saturated heterocycles. The van der Waals surface area contributed by atoms with Crippen LogP contribution in [0.5, 0.6) is 0 Å². The average Bonchev–Trinajstić information content (AvgIpc) is 3.27. The predicted molar refractivity (Wildman–Crippen MR) is 106 cm³/mol. The van der Waals surface area contributed by atoms with Gasteiger partial charge >= 0.3 is 0 Å². The third-order valence-corrected chi connectivity index (χ3v) is 6.47. The monoisotopic (exact) mass is 408 g/mol. The van der Waals surface area contributed by atoms with Crippen molar-refractivity contribution in [1.82, 2.24) is 5.32 Å². The topological polar surface area (TPSA) is 126 Å². The van der Waals surface area contributed by atoms with Crippen molar-refractivity contribution in [3.05, 3.63) is 58.8 Å². The maximum absolute atomic E-state index is 13.6. The van der Waals surface area contributed by atoms with Gasteiger partial charge in [-0.3, -0.25) is 19.7 Å². The van der Waals surface area contributed by atoms with Crippen LogP contribution in [-0.2, 0) is 19.9 Å². The van der Waals surface area contributed by atoms with E-state index in [0.717, 1.165) is 4.90 Å². The third kappa shape index (κ3) is 2.23. The molecule has 2 aromatic carbocycles. The van der Waals surface area contributed by atoms with E-state index in [1.807, 2.05) is 0 Å². The van der Waals surface area contributed by atoms with Gasteiger partial charge in [-0.15, -0.1) is 0 Å². The summed E-state index contributed by atoms with van der Waals surface area (Å²) < 4.78 is 0. The average molecular weight is 408 g/mol. The molecule has 5 unspecified atom stereocenters. The molecule has 154 valence electrons. The van der Waals surface area contributed by atoms with Crippen molar-refractivity contribution >= 4 is 34.8 Å². The zero-order valence-corrected chi connectivity index (χ0v) is 16.3. The fourth-order valence-corrected chi connectivity index (χ4v) is 5.14. The minimum Gasteiger partial charge on any atom is -0.595 e. The summed E-state index contributed by atoms with van der Waals surface area (Å²) >= 11 is 0. The van der Waals surface area contributed by atoms with Crippen LogP contribution in [0.1, 0.15) is 18.1 Å². The molecule has 5 rings (SSSR count). The molecule has 0 aromatic heterocycles. The van der Waals surface area contributed by atoms with Crippen molar-refractivity contribution < 1.29 is 24.8 Å². The number of para-hydroxylation sites is 1. The van der Waals surface area contributed by atoms with Gasteiger partial charge in [-0.2, -0.15) is 5.23 Å². The zero-order valence-electron chi connectivity index (χ0n) is 16.3. The highest BCUT2D eigenvalue weighted by atomic mass is 16.8. The summed E-state index contributed by atoms with van der Waals surface area (Å²) in [5, 5.41) is 25.7. The molecule has 2 aromatic rings. The lowest BCUT2D eigenvalue weighted by Crippen LogP contribution is -2.99. The molecule has 2 fully saturated rings. The minimum absolute atomic E-state index is 0.0156. The van der Waals surface area contributed by atoms with Crippen LogP contribution >= 0.6 is 0 Å². The van der Waals surface area contributed by atoms with E-state index in [2.05, 4.69) is 10.6 Å². The Bertz CT molecular complexity index is 1120. The lowest BCUT2D eigenvalue weighted by Gasteiger charge is -2.29. The summed E-state index contributed by atoms with van der Waals surface area (Å²) in [7, 11) is 0. The fraction of sp³-hybridized carbons (Fsp3) is 0.286. The number of carbonyl (C=O) groups excluding carboxylic acids is 3. The van der Waals surface area contributed by atoms with Crippen molar-refractivity contribution in [2.45, 2.75) is 25.4 Å². The molecule has 9 nitrogen and oxygen atoms in total. The molecule has 0 bridgehead atoms. The number of carbonyl (C=O) groups is 3. The first kappa shape index (κ1) is 18.9. The number of nitrogens with zero attached hydrogens (tertiary/aromatic N) is 1. The summed E-state index contributed by atoms with van der Waals surface area (Å²) in [6, 6.07) is 11.1. The van der Waals surface area contributed by atoms with Crippen molar-refractivity contribution in [3.8, 4) is 0 Å². The standard InChI is InChI=1S/C21H20N4O5/c1-10-7-8-12(25(29)30)9-15(10)24-18(26)16-11(2)23-21(17(16)19(24)27)13-5-3-4-6-14(13)22-20(21)28/h3-9,11,16-17,23,25,29H,1-2H3,(H,22,28). The van der Waals surface area contributed by atoms with Gasteiger partial charge in [0.05, 0.1) is 17.5 Å². The lowest BCUT2D eigenvalue weighted by atomic mass is 9.76. The highest BCUT2D eigenvalue weighted by Gasteiger charge is 2.69. The Hall–Kier alpha value is -3.11. The number of benzene rings is 2. The first-order chi connectivity index (χ1) is 14.3. The largest absolute Gasteiger partial charge is 0.595 e. The Kier molecular flexibility index (Phi) is 3.90. The van der Waals surface area contributed by atoms with E-state index < -0.39 is 40.5 Å². The highest BCUT2D eigenvalue weighted by molar-refractivity contribution is 6.26. The van der Waals surface area contributed by atoms with Gasteiger partial charge in [0, 0.05) is 29.4 Å². The number of hydrogen-bond donors (Lipinski definition) is 4. The number of hydrogen-bond acceptors (Lipinski definition) is 6. The van der Waals surface area contributed by atoms with E-state index in [1.165, 1.54) is 12.1 Å². The Morgan fingerprint density at radius 3 is 2.60 bits per heavy atom. The lowest BCUT2D eigenvalue weighted by molar-refractivity contribution is -0.991. The normalized spacial score (nSPS) is 30.6.